The van der Waals surface area contributed by atoms with Gasteiger partial charge < -0.3 is 4.74 Å². The van der Waals surface area contributed by atoms with Crippen LogP contribution in [0.15, 0.2) is 47.5 Å². The van der Waals surface area contributed by atoms with Crippen LogP contribution in [0.4, 0.5) is 19.0 Å². The Morgan fingerprint density at radius 2 is 1.83 bits per heavy atom. The number of halogens is 3. The van der Waals surface area contributed by atoms with Crippen LogP contribution >= 0.6 is 0 Å². The first-order valence-corrected chi connectivity index (χ1v) is 7.86. The molecule has 9 heteroatoms. The van der Waals surface area contributed by atoms with Gasteiger partial charge in [-0.25, -0.2) is 13.4 Å². The molecule has 0 saturated heterocycles. The normalized spacial score (nSPS) is 12.0. The van der Waals surface area contributed by atoms with E-state index in [2.05, 4.69) is 9.71 Å². The van der Waals surface area contributed by atoms with Crippen LogP contribution in [0.25, 0.3) is 0 Å². The quantitative estimate of drug-likeness (QED) is 0.904. The smallest absolute Gasteiger partial charge is 0.393 e. The van der Waals surface area contributed by atoms with Crippen molar-refractivity contribution in [2.75, 3.05) is 11.8 Å². The number of rotatable bonds is 5. The highest BCUT2D eigenvalue weighted by atomic mass is 32.2. The summed E-state index contributed by atoms with van der Waals surface area (Å²) in [5.74, 6) is 0.460. The van der Waals surface area contributed by atoms with Gasteiger partial charge in [-0.05, 0) is 23.8 Å². The SMILES string of the molecule is COc1ccnc(NS(=O)(=O)c2ccc(CC(F)(F)F)cc2)c1. The molecule has 0 saturated carbocycles. The molecule has 1 aromatic heterocycles. The van der Waals surface area contributed by atoms with E-state index in [0.29, 0.717) is 5.75 Å². The lowest BCUT2D eigenvalue weighted by atomic mass is 10.1. The maximum atomic E-state index is 12.3. The Kier molecular flexibility index (Phi) is 4.79. The zero-order chi connectivity index (χ0) is 17.1. The Morgan fingerprint density at radius 3 is 2.39 bits per heavy atom. The molecule has 0 spiro atoms. The number of nitrogens with zero attached hydrogens (tertiary/aromatic N) is 1. The fourth-order valence-corrected chi connectivity index (χ4v) is 2.81. The molecule has 0 amide bonds. The Labute approximate surface area is 131 Å². The number of hydrogen-bond acceptors (Lipinski definition) is 4. The Bertz CT molecular complexity index is 775. The molecule has 0 radical (unpaired) electrons. The number of anilines is 1. The molecule has 0 bridgehead atoms. The van der Waals surface area contributed by atoms with Gasteiger partial charge in [0.05, 0.1) is 18.4 Å². The molecule has 0 aliphatic heterocycles. The van der Waals surface area contributed by atoms with Crippen LogP contribution in [0.1, 0.15) is 5.56 Å². The summed E-state index contributed by atoms with van der Waals surface area (Å²) in [6.45, 7) is 0. The van der Waals surface area contributed by atoms with Gasteiger partial charge in [-0.1, -0.05) is 12.1 Å². The third-order valence-electron chi connectivity index (χ3n) is 2.84. The largest absolute Gasteiger partial charge is 0.497 e. The van der Waals surface area contributed by atoms with Gasteiger partial charge in [0.2, 0.25) is 0 Å². The molecule has 0 aliphatic rings. The maximum Gasteiger partial charge on any atom is 0.393 e. The van der Waals surface area contributed by atoms with Crippen LogP contribution in [0.2, 0.25) is 0 Å². The van der Waals surface area contributed by atoms with Crippen LogP contribution < -0.4 is 9.46 Å². The van der Waals surface area contributed by atoms with Crippen molar-refractivity contribution in [1.82, 2.24) is 4.98 Å². The third kappa shape index (κ3) is 4.85. The van der Waals surface area contributed by atoms with E-state index in [1.807, 2.05) is 0 Å². The lowest BCUT2D eigenvalue weighted by Gasteiger charge is -2.10. The maximum absolute atomic E-state index is 12.3. The van der Waals surface area contributed by atoms with E-state index in [-0.39, 0.29) is 16.3 Å². The van der Waals surface area contributed by atoms with Gasteiger partial charge in [0.1, 0.15) is 11.6 Å². The summed E-state index contributed by atoms with van der Waals surface area (Å²) >= 11 is 0. The van der Waals surface area contributed by atoms with Crippen LogP contribution in [-0.4, -0.2) is 26.7 Å². The fraction of sp³-hybridized carbons (Fsp3) is 0.214. The summed E-state index contributed by atoms with van der Waals surface area (Å²) < 4.78 is 68.4. The zero-order valence-corrected chi connectivity index (χ0v) is 12.8. The van der Waals surface area contributed by atoms with E-state index < -0.39 is 22.6 Å². The highest BCUT2D eigenvalue weighted by Gasteiger charge is 2.27. The minimum absolute atomic E-state index is 0.0176. The number of hydrogen-bond donors (Lipinski definition) is 1. The molecule has 1 heterocycles. The van der Waals surface area contributed by atoms with Crippen LogP contribution in [0.5, 0.6) is 5.75 Å². The van der Waals surface area contributed by atoms with E-state index in [4.69, 9.17) is 4.74 Å². The van der Waals surface area contributed by atoms with Gasteiger partial charge in [-0.2, -0.15) is 13.2 Å². The molecular formula is C14H13F3N2O3S. The first-order valence-electron chi connectivity index (χ1n) is 6.38. The van der Waals surface area contributed by atoms with Gasteiger partial charge in [0.15, 0.2) is 0 Å². The molecular weight excluding hydrogens is 333 g/mol. The van der Waals surface area contributed by atoms with Crippen LogP contribution in [0.3, 0.4) is 0 Å². The van der Waals surface area contributed by atoms with E-state index in [0.717, 1.165) is 24.3 Å². The van der Waals surface area contributed by atoms with Gasteiger partial charge in [-0.3, -0.25) is 4.72 Å². The first kappa shape index (κ1) is 17.1. The highest BCUT2D eigenvalue weighted by molar-refractivity contribution is 7.92. The van der Waals surface area contributed by atoms with Crippen LogP contribution in [-0.2, 0) is 16.4 Å². The standard InChI is InChI=1S/C14H13F3N2O3S/c1-22-11-6-7-18-13(8-11)19-23(20,21)12-4-2-10(3-5-12)9-14(15,16)17/h2-8H,9H2,1H3,(H,18,19). The number of methoxy groups -OCH3 is 1. The van der Waals surface area contributed by atoms with E-state index in [1.165, 1.54) is 19.4 Å². The molecule has 2 rings (SSSR count). The van der Waals surface area contributed by atoms with Crippen LogP contribution in [0, 0.1) is 0 Å². The second-order valence-electron chi connectivity index (χ2n) is 4.62. The molecule has 0 atom stereocenters. The fourth-order valence-electron chi connectivity index (χ4n) is 1.81. The second kappa shape index (κ2) is 6.45. The number of ether oxygens (including phenoxy) is 1. The minimum Gasteiger partial charge on any atom is -0.497 e. The predicted molar refractivity (Wildman–Crippen MR) is 77.8 cm³/mol. The number of pyridine rings is 1. The molecule has 23 heavy (non-hydrogen) atoms. The van der Waals surface area contributed by atoms with Crippen molar-refractivity contribution in [2.45, 2.75) is 17.5 Å². The van der Waals surface area contributed by atoms with Gasteiger partial charge in [0, 0.05) is 12.3 Å². The van der Waals surface area contributed by atoms with Crippen molar-refractivity contribution >= 4 is 15.8 Å². The number of alkyl halides is 3. The summed E-state index contributed by atoms with van der Waals surface area (Å²) in [5, 5.41) is 0. The van der Waals surface area contributed by atoms with Crippen molar-refractivity contribution in [1.29, 1.82) is 0 Å². The number of sulfonamides is 1. The zero-order valence-electron chi connectivity index (χ0n) is 12.0. The molecule has 124 valence electrons. The first-order chi connectivity index (χ1) is 10.7. The monoisotopic (exact) mass is 346 g/mol. The van der Waals surface area contributed by atoms with Gasteiger partial charge in [0.25, 0.3) is 10.0 Å². The predicted octanol–water partition coefficient (Wildman–Crippen LogP) is 3.00. The number of nitrogens with one attached hydrogen (secondary N) is 1. The van der Waals surface area contributed by atoms with E-state index in [1.54, 1.807) is 6.07 Å². The van der Waals surface area contributed by atoms with Crippen molar-refractivity contribution in [2.24, 2.45) is 0 Å². The molecule has 2 aromatic rings. The summed E-state index contributed by atoms with van der Waals surface area (Å²) in [7, 11) is -2.52. The molecule has 0 unspecified atom stereocenters. The summed E-state index contributed by atoms with van der Waals surface area (Å²) in [4.78, 5) is 3.69. The second-order valence-corrected chi connectivity index (χ2v) is 6.30. The Morgan fingerprint density at radius 1 is 1.17 bits per heavy atom. The molecule has 0 aliphatic carbocycles. The lowest BCUT2D eigenvalue weighted by Crippen LogP contribution is -2.15. The van der Waals surface area contributed by atoms with Gasteiger partial charge in [-0.15, -0.1) is 0 Å². The van der Waals surface area contributed by atoms with E-state index in [9.17, 15) is 21.6 Å². The number of aromatic nitrogens is 1. The summed E-state index contributed by atoms with van der Waals surface area (Å²) in [6, 6.07) is 7.41. The third-order valence-corrected chi connectivity index (χ3v) is 4.21. The average molecular weight is 346 g/mol. The molecule has 1 aromatic carbocycles. The van der Waals surface area contributed by atoms with E-state index >= 15 is 0 Å². The Hall–Kier alpha value is -2.29. The summed E-state index contributed by atoms with van der Waals surface area (Å²) in [6.07, 6.45) is -4.09. The lowest BCUT2D eigenvalue weighted by molar-refractivity contribution is -0.127. The minimum atomic E-state index is -4.34. The van der Waals surface area contributed by atoms with Gasteiger partial charge >= 0.3 is 6.18 Å². The Balaban J connectivity index is 2.19. The van der Waals surface area contributed by atoms with Crippen molar-refractivity contribution in [3.05, 3.63) is 48.2 Å². The number of benzene rings is 1. The van der Waals surface area contributed by atoms with Crippen molar-refractivity contribution < 1.29 is 26.3 Å². The van der Waals surface area contributed by atoms with Crippen molar-refractivity contribution in [3.63, 3.8) is 0 Å². The molecule has 5 nitrogen and oxygen atoms in total. The molecule has 1 N–H and O–H groups in total. The highest BCUT2D eigenvalue weighted by Crippen LogP contribution is 2.23. The summed E-state index contributed by atoms with van der Waals surface area (Å²) in [5.41, 5.74) is -0.0176. The average Bonchev–Trinajstić information content (AvgIpc) is 2.46. The van der Waals surface area contributed by atoms with Crippen molar-refractivity contribution in [3.8, 4) is 5.75 Å². The molecule has 0 fully saturated rings. The topological polar surface area (TPSA) is 68.3 Å².